The maximum absolute atomic E-state index is 12.0. The molecule has 0 spiro atoms. The topological polar surface area (TPSA) is 71.8 Å². The molecule has 0 aliphatic heterocycles. The Balaban J connectivity index is 2.18. The molecular formula is C14H13N3OS. The van der Waals surface area contributed by atoms with Crippen molar-refractivity contribution in [2.24, 2.45) is 5.92 Å². The Bertz CT molecular complexity index is 780. The van der Waals surface area contributed by atoms with Crippen LogP contribution in [-0.4, -0.2) is 9.97 Å². The Morgan fingerprint density at radius 3 is 3.11 bits per heavy atom. The lowest BCUT2D eigenvalue weighted by atomic mass is 10.1. The van der Waals surface area contributed by atoms with Gasteiger partial charge in [-0.25, -0.2) is 4.98 Å². The first-order valence-corrected chi connectivity index (χ1v) is 6.87. The van der Waals surface area contributed by atoms with Crippen molar-refractivity contribution in [3.8, 4) is 0 Å². The van der Waals surface area contributed by atoms with Gasteiger partial charge in [-0.1, -0.05) is 37.3 Å². The number of nitrogens with zero attached hydrogens (tertiary/aromatic N) is 1. The Hall–Kier alpha value is -2.14. The first kappa shape index (κ1) is 11.9. The molecule has 1 aliphatic carbocycles. The number of allylic oxidation sites excluding steroid dienone is 6. The van der Waals surface area contributed by atoms with E-state index in [9.17, 15) is 4.79 Å². The maximum atomic E-state index is 12.0. The molecule has 3 N–H and O–H groups in total. The zero-order valence-electron chi connectivity index (χ0n) is 10.4. The van der Waals surface area contributed by atoms with E-state index in [4.69, 9.17) is 5.73 Å². The molecule has 2 heterocycles. The number of thiophene rings is 1. The molecule has 0 radical (unpaired) electrons. The third-order valence-corrected chi connectivity index (χ3v) is 3.98. The van der Waals surface area contributed by atoms with Crippen molar-refractivity contribution in [2.75, 3.05) is 5.73 Å². The largest absolute Gasteiger partial charge is 0.396 e. The molecule has 19 heavy (non-hydrogen) atoms. The standard InChI is InChI=1S/C14H13N3OS/c1-8-3-2-4-9(6-5-8)13-16-11-10(15)7-19-12(11)14(18)17-13/h2-8H,15H2,1H3,(H,16,17,18). The number of anilines is 1. The van der Waals surface area contributed by atoms with Gasteiger partial charge in [0.05, 0.1) is 5.69 Å². The van der Waals surface area contributed by atoms with Crippen molar-refractivity contribution in [3.63, 3.8) is 0 Å². The summed E-state index contributed by atoms with van der Waals surface area (Å²) in [6.07, 6.45) is 10.0. The van der Waals surface area contributed by atoms with Crippen LogP contribution in [0.1, 0.15) is 12.7 Å². The maximum Gasteiger partial charge on any atom is 0.269 e. The van der Waals surface area contributed by atoms with Gasteiger partial charge >= 0.3 is 0 Å². The summed E-state index contributed by atoms with van der Waals surface area (Å²) >= 11 is 1.32. The van der Waals surface area contributed by atoms with Crippen molar-refractivity contribution in [1.82, 2.24) is 9.97 Å². The van der Waals surface area contributed by atoms with Crippen LogP contribution in [0, 0.1) is 5.92 Å². The van der Waals surface area contributed by atoms with E-state index in [-0.39, 0.29) is 5.56 Å². The van der Waals surface area contributed by atoms with Crippen LogP contribution >= 0.6 is 11.3 Å². The molecule has 3 rings (SSSR count). The van der Waals surface area contributed by atoms with Gasteiger partial charge in [0, 0.05) is 11.0 Å². The highest BCUT2D eigenvalue weighted by Crippen LogP contribution is 2.25. The first-order chi connectivity index (χ1) is 9.15. The number of hydrogen-bond donors (Lipinski definition) is 2. The summed E-state index contributed by atoms with van der Waals surface area (Å²) in [5.74, 6) is 0.924. The van der Waals surface area contributed by atoms with Crippen LogP contribution in [0.15, 0.2) is 40.6 Å². The summed E-state index contributed by atoms with van der Waals surface area (Å²) < 4.78 is 0.573. The smallest absolute Gasteiger partial charge is 0.269 e. The normalized spacial score (nSPS) is 18.6. The van der Waals surface area contributed by atoms with E-state index in [1.165, 1.54) is 11.3 Å². The number of nitrogen functional groups attached to an aromatic ring is 1. The molecule has 4 nitrogen and oxygen atoms in total. The van der Waals surface area contributed by atoms with Gasteiger partial charge < -0.3 is 10.7 Å². The van der Waals surface area contributed by atoms with Gasteiger partial charge in [0.15, 0.2) is 0 Å². The number of fused-ring (bicyclic) bond motifs is 1. The van der Waals surface area contributed by atoms with Gasteiger partial charge in [0.1, 0.15) is 16.0 Å². The van der Waals surface area contributed by atoms with Gasteiger partial charge in [-0.3, -0.25) is 4.79 Å². The highest BCUT2D eigenvalue weighted by atomic mass is 32.1. The average Bonchev–Trinajstić information content (AvgIpc) is 2.62. The van der Waals surface area contributed by atoms with E-state index < -0.39 is 0 Å². The van der Waals surface area contributed by atoms with Crippen molar-refractivity contribution in [2.45, 2.75) is 6.92 Å². The molecule has 1 aliphatic rings. The van der Waals surface area contributed by atoms with Crippen molar-refractivity contribution in [1.29, 1.82) is 0 Å². The minimum atomic E-state index is -0.141. The van der Waals surface area contributed by atoms with Crippen molar-refractivity contribution >= 4 is 32.8 Å². The highest BCUT2D eigenvalue weighted by Gasteiger charge is 2.11. The van der Waals surface area contributed by atoms with Crippen LogP contribution < -0.4 is 11.3 Å². The fraction of sp³-hybridized carbons (Fsp3) is 0.143. The number of H-pyrrole nitrogens is 1. The van der Waals surface area contributed by atoms with Gasteiger partial charge in [-0.05, 0) is 5.92 Å². The lowest BCUT2D eigenvalue weighted by Crippen LogP contribution is -2.10. The molecule has 2 aromatic rings. The number of aromatic nitrogens is 2. The molecule has 0 saturated carbocycles. The van der Waals surface area contributed by atoms with Gasteiger partial charge in [0.2, 0.25) is 0 Å². The summed E-state index contributed by atoms with van der Waals surface area (Å²) in [4.78, 5) is 19.3. The fourth-order valence-corrected chi connectivity index (χ4v) is 2.74. The van der Waals surface area contributed by atoms with E-state index in [1.807, 2.05) is 18.2 Å². The van der Waals surface area contributed by atoms with Crippen molar-refractivity contribution < 1.29 is 0 Å². The Kier molecular flexibility index (Phi) is 2.83. The molecule has 0 amide bonds. The zero-order chi connectivity index (χ0) is 13.4. The average molecular weight is 271 g/mol. The third kappa shape index (κ3) is 2.13. The number of nitrogens with one attached hydrogen (secondary N) is 1. The van der Waals surface area contributed by atoms with Crippen LogP contribution in [0.25, 0.3) is 15.8 Å². The van der Waals surface area contributed by atoms with Crippen LogP contribution in [0.5, 0.6) is 0 Å². The molecule has 0 bridgehead atoms. The zero-order valence-corrected chi connectivity index (χ0v) is 11.2. The van der Waals surface area contributed by atoms with Crippen LogP contribution in [0.3, 0.4) is 0 Å². The lowest BCUT2D eigenvalue weighted by molar-refractivity contribution is 0.942. The number of rotatable bonds is 1. The second-order valence-corrected chi connectivity index (χ2v) is 5.39. The van der Waals surface area contributed by atoms with Gasteiger partial charge in [0.25, 0.3) is 5.56 Å². The third-order valence-electron chi connectivity index (χ3n) is 3.00. The molecule has 0 saturated heterocycles. The van der Waals surface area contributed by atoms with Crippen LogP contribution in [-0.2, 0) is 0 Å². The number of aromatic amines is 1. The molecule has 0 fully saturated rings. The molecule has 96 valence electrons. The molecule has 1 unspecified atom stereocenters. The second-order valence-electron chi connectivity index (χ2n) is 4.51. The number of hydrogen-bond acceptors (Lipinski definition) is 4. The monoisotopic (exact) mass is 271 g/mol. The molecule has 2 aromatic heterocycles. The Labute approximate surface area is 114 Å². The van der Waals surface area contributed by atoms with E-state index in [1.54, 1.807) is 5.38 Å². The van der Waals surface area contributed by atoms with Crippen LogP contribution in [0.4, 0.5) is 5.69 Å². The van der Waals surface area contributed by atoms with Gasteiger partial charge in [-0.2, -0.15) is 0 Å². The fourth-order valence-electron chi connectivity index (χ4n) is 1.95. The van der Waals surface area contributed by atoms with E-state index in [2.05, 4.69) is 29.0 Å². The van der Waals surface area contributed by atoms with Gasteiger partial charge in [-0.15, -0.1) is 11.3 Å². The minimum absolute atomic E-state index is 0.141. The lowest BCUT2D eigenvalue weighted by Gasteiger charge is -2.01. The second kappa shape index (κ2) is 4.51. The Morgan fingerprint density at radius 1 is 1.42 bits per heavy atom. The van der Waals surface area contributed by atoms with Crippen LogP contribution in [0.2, 0.25) is 0 Å². The molecule has 1 atom stereocenters. The summed E-state index contributed by atoms with van der Waals surface area (Å²) in [5.41, 5.74) is 7.71. The quantitative estimate of drug-likeness (QED) is 0.837. The summed E-state index contributed by atoms with van der Waals surface area (Å²) in [6, 6.07) is 0. The predicted octanol–water partition coefficient (Wildman–Crippen LogP) is 2.71. The first-order valence-electron chi connectivity index (χ1n) is 5.99. The SMILES string of the molecule is CC1C=CC=C(c2nc3c(N)csc3c(=O)[nH]2)C=C1. The number of nitrogens with two attached hydrogens (primary N) is 1. The molecular weight excluding hydrogens is 258 g/mol. The Morgan fingerprint density at radius 2 is 2.26 bits per heavy atom. The molecule has 5 heteroatoms. The molecule has 0 aromatic carbocycles. The summed E-state index contributed by atoms with van der Waals surface area (Å²) in [6.45, 7) is 2.10. The summed E-state index contributed by atoms with van der Waals surface area (Å²) in [5, 5.41) is 1.75. The minimum Gasteiger partial charge on any atom is -0.396 e. The van der Waals surface area contributed by atoms with E-state index in [0.717, 1.165) is 5.57 Å². The van der Waals surface area contributed by atoms with Crippen molar-refractivity contribution in [3.05, 3.63) is 51.9 Å². The van der Waals surface area contributed by atoms with E-state index in [0.29, 0.717) is 27.6 Å². The predicted molar refractivity (Wildman–Crippen MR) is 80.1 cm³/mol. The van der Waals surface area contributed by atoms with E-state index >= 15 is 0 Å². The summed E-state index contributed by atoms with van der Waals surface area (Å²) in [7, 11) is 0. The highest BCUT2D eigenvalue weighted by molar-refractivity contribution is 7.17.